The lowest BCUT2D eigenvalue weighted by Crippen LogP contribution is -2.26. The SMILES string of the molecule is Fc1ccc(CCc2nnc(C3CCNCC3)o2)cc1. The number of aromatic nitrogens is 2. The van der Waals surface area contributed by atoms with E-state index in [9.17, 15) is 4.39 Å². The van der Waals surface area contributed by atoms with E-state index in [1.165, 1.54) is 12.1 Å². The molecular weight excluding hydrogens is 257 g/mol. The molecule has 5 heteroatoms. The maximum atomic E-state index is 12.8. The fourth-order valence-electron chi connectivity index (χ4n) is 2.50. The Bertz CT molecular complexity index is 547. The summed E-state index contributed by atoms with van der Waals surface area (Å²) < 4.78 is 18.6. The number of hydrogen-bond acceptors (Lipinski definition) is 4. The van der Waals surface area contributed by atoms with Gasteiger partial charge in [0.25, 0.3) is 0 Å². The monoisotopic (exact) mass is 275 g/mol. The standard InChI is InChI=1S/C15H18FN3O/c16-13-4-1-11(2-5-13)3-6-14-18-19-15(20-14)12-7-9-17-10-8-12/h1-2,4-5,12,17H,3,6-10H2. The lowest BCUT2D eigenvalue weighted by Gasteiger charge is -2.18. The van der Waals surface area contributed by atoms with Crippen LogP contribution in [0.2, 0.25) is 0 Å². The van der Waals surface area contributed by atoms with Crippen LogP contribution in [0.1, 0.15) is 36.1 Å². The third-order valence-corrected chi connectivity index (χ3v) is 3.71. The molecule has 0 bridgehead atoms. The summed E-state index contributed by atoms with van der Waals surface area (Å²) in [5, 5.41) is 11.6. The highest BCUT2D eigenvalue weighted by Crippen LogP contribution is 2.24. The largest absolute Gasteiger partial charge is 0.425 e. The molecule has 20 heavy (non-hydrogen) atoms. The lowest BCUT2D eigenvalue weighted by molar-refractivity contribution is 0.360. The highest BCUT2D eigenvalue weighted by molar-refractivity contribution is 5.16. The Morgan fingerprint density at radius 1 is 1.10 bits per heavy atom. The van der Waals surface area contributed by atoms with Gasteiger partial charge in [-0.05, 0) is 50.0 Å². The van der Waals surface area contributed by atoms with E-state index >= 15 is 0 Å². The molecule has 0 saturated carbocycles. The van der Waals surface area contributed by atoms with Crippen molar-refractivity contribution in [2.75, 3.05) is 13.1 Å². The molecular formula is C15H18FN3O. The van der Waals surface area contributed by atoms with E-state index in [-0.39, 0.29) is 5.82 Å². The Hall–Kier alpha value is -1.75. The molecule has 0 aliphatic carbocycles. The van der Waals surface area contributed by atoms with Crippen molar-refractivity contribution in [1.82, 2.24) is 15.5 Å². The summed E-state index contributed by atoms with van der Waals surface area (Å²) in [6.07, 6.45) is 3.59. The van der Waals surface area contributed by atoms with Crippen LogP contribution in [0.15, 0.2) is 28.7 Å². The van der Waals surface area contributed by atoms with Crippen molar-refractivity contribution in [2.24, 2.45) is 0 Å². The van der Waals surface area contributed by atoms with Gasteiger partial charge in [0.1, 0.15) is 5.82 Å². The molecule has 106 valence electrons. The van der Waals surface area contributed by atoms with Crippen LogP contribution in [0.4, 0.5) is 4.39 Å². The van der Waals surface area contributed by atoms with Crippen molar-refractivity contribution in [3.63, 3.8) is 0 Å². The average Bonchev–Trinajstić information content (AvgIpc) is 2.97. The topological polar surface area (TPSA) is 51.0 Å². The third kappa shape index (κ3) is 3.22. The Labute approximate surface area is 117 Å². The Kier molecular flexibility index (Phi) is 4.06. The smallest absolute Gasteiger partial charge is 0.219 e. The van der Waals surface area contributed by atoms with Crippen LogP contribution in [0.25, 0.3) is 0 Å². The minimum Gasteiger partial charge on any atom is -0.425 e. The first-order chi connectivity index (χ1) is 9.81. The molecule has 4 nitrogen and oxygen atoms in total. The van der Waals surface area contributed by atoms with Crippen LogP contribution < -0.4 is 5.32 Å². The van der Waals surface area contributed by atoms with Gasteiger partial charge in [-0.15, -0.1) is 10.2 Å². The van der Waals surface area contributed by atoms with Crippen molar-refractivity contribution in [1.29, 1.82) is 0 Å². The predicted octanol–water partition coefficient (Wildman–Crippen LogP) is 2.46. The fraction of sp³-hybridized carbons (Fsp3) is 0.467. The maximum absolute atomic E-state index is 12.8. The van der Waals surface area contributed by atoms with Crippen LogP contribution in [-0.2, 0) is 12.8 Å². The van der Waals surface area contributed by atoms with Gasteiger partial charge in [0.2, 0.25) is 11.8 Å². The van der Waals surface area contributed by atoms with Crippen molar-refractivity contribution in [2.45, 2.75) is 31.6 Å². The highest BCUT2D eigenvalue weighted by Gasteiger charge is 2.20. The summed E-state index contributed by atoms with van der Waals surface area (Å²) in [7, 11) is 0. The van der Waals surface area contributed by atoms with Crippen molar-refractivity contribution in [3.05, 3.63) is 47.4 Å². The second-order valence-corrected chi connectivity index (χ2v) is 5.18. The lowest BCUT2D eigenvalue weighted by atomic mass is 9.98. The van der Waals surface area contributed by atoms with Crippen molar-refractivity contribution in [3.8, 4) is 0 Å². The van der Waals surface area contributed by atoms with E-state index in [0.717, 1.165) is 43.8 Å². The molecule has 1 N–H and O–H groups in total. The molecule has 1 aliphatic rings. The number of nitrogens with one attached hydrogen (secondary N) is 1. The molecule has 3 rings (SSSR count). The molecule has 0 amide bonds. The Morgan fingerprint density at radius 3 is 2.60 bits per heavy atom. The first-order valence-corrected chi connectivity index (χ1v) is 7.09. The molecule has 1 saturated heterocycles. The van der Waals surface area contributed by atoms with E-state index < -0.39 is 0 Å². The van der Waals surface area contributed by atoms with Crippen LogP contribution in [0.3, 0.4) is 0 Å². The molecule has 0 spiro atoms. The number of nitrogens with zero attached hydrogens (tertiary/aromatic N) is 2. The van der Waals surface area contributed by atoms with Gasteiger partial charge in [-0.25, -0.2) is 4.39 Å². The number of aryl methyl sites for hydroxylation is 2. The molecule has 2 aromatic rings. The van der Waals surface area contributed by atoms with E-state index in [1.54, 1.807) is 12.1 Å². The van der Waals surface area contributed by atoms with Crippen LogP contribution in [0, 0.1) is 5.82 Å². The molecule has 1 aromatic carbocycles. The van der Waals surface area contributed by atoms with Gasteiger partial charge in [0, 0.05) is 12.3 Å². The van der Waals surface area contributed by atoms with E-state index in [1.807, 2.05) is 0 Å². The average molecular weight is 275 g/mol. The molecule has 2 heterocycles. The molecule has 0 radical (unpaired) electrons. The van der Waals surface area contributed by atoms with E-state index in [2.05, 4.69) is 15.5 Å². The zero-order valence-corrected chi connectivity index (χ0v) is 11.3. The zero-order valence-electron chi connectivity index (χ0n) is 11.3. The van der Waals surface area contributed by atoms with Gasteiger partial charge in [-0.3, -0.25) is 0 Å². The quantitative estimate of drug-likeness (QED) is 0.931. The highest BCUT2D eigenvalue weighted by atomic mass is 19.1. The summed E-state index contributed by atoms with van der Waals surface area (Å²) in [6.45, 7) is 2.02. The molecule has 0 unspecified atom stereocenters. The number of hydrogen-bond donors (Lipinski definition) is 1. The van der Waals surface area contributed by atoms with Crippen molar-refractivity contribution < 1.29 is 8.81 Å². The van der Waals surface area contributed by atoms with Gasteiger partial charge in [0.15, 0.2) is 0 Å². The summed E-state index contributed by atoms with van der Waals surface area (Å²) in [6, 6.07) is 6.53. The molecule has 0 atom stereocenters. The maximum Gasteiger partial charge on any atom is 0.219 e. The minimum absolute atomic E-state index is 0.209. The molecule has 1 aromatic heterocycles. The van der Waals surface area contributed by atoms with Gasteiger partial charge < -0.3 is 9.73 Å². The van der Waals surface area contributed by atoms with Gasteiger partial charge in [-0.2, -0.15) is 0 Å². The van der Waals surface area contributed by atoms with Crippen LogP contribution >= 0.6 is 0 Å². The summed E-state index contributed by atoms with van der Waals surface area (Å²) >= 11 is 0. The van der Waals surface area contributed by atoms with Gasteiger partial charge in [0.05, 0.1) is 0 Å². The molecule has 1 aliphatic heterocycles. The summed E-state index contributed by atoms with van der Waals surface area (Å²) in [5.74, 6) is 1.62. The van der Waals surface area contributed by atoms with Crippen molar-refractivity contribution >= 4 is 0 Å². The first-order valence-electron chi connectivity index (χ1n) is 7.09. The molecule has 1 fully saturated rings. The first kappa shape index (κ1) is 13.2. The second-order valence-electron chi connectivity index (χ2n) is 5.18. The van der Waals surface area contributed by atoms with Gasteiger partial charge >= 0.3 is 0 Å². The predicted molar refractivity (Wildman–Crippen MR) is 73.0 cm³/mol. The third-order valence-electron chi connectivity index (χ3n) is 3.71. The van der Waals surface area contributed by atoms with E-state index in [0.29, 0.717) is 18.2 Å². The van der Waals surface area contributed by atoms with Crippen LogP contribution in [0.5, 0.6) is 0 Å². The Balaban J connectivity index is 1.58. The zero-order chi connectivity index (χ0) is 13.8. The fourth-order valence-corrected chi connectivity index (χ4v) is 2.50. The number of piperidine rings is 1. The number of benzene rings is 1. The van der Waals surface area contributed by atoms with Crippen LogP contribution in [-0.4, -0.2) is 23.3 Å². The Morgan fingerprint density at radius 2 is 1.85 bits per heavy atom. The van der Waals surface area contributed by atoms with Gasteiger partial charge in [-0.1, -0.05) is 12.1 Å². The summed E-state index contributed by atoms with van der Waals surface area (Å²) in [5.41, 5.74) is 1.08. The van der Waals surface area contributed by atoms with E-state index in [4.69, 9.17) is 4.42 Å². The normalized spacial score (nSPS) is 16.4. The number of rotatable bonds is 4. The minimum atomic E-state index is -0.209. The number of halogens is 1. The second kappa shape index (κ2) is 6.13. The summed E-state index contributed by atoms with van der Waals surface area (Å²) in [4.78, 5) is 0.